The summed E-state index contributed by atoms with van der Waals surface area (Å²) in [5, 5.41) is 12.3. The molecular weight excluding hydrogens is 237 g/mol. The summed E-state index contributed by atoms with van der Waals surface area (Å²) in [6, 6.07) is 5.12. The Morgan fingerprint density at radius 2 is 2.24 bits per heavy atom. The van der Waals surface area contributed by atoms with Crippen LogP contribution in [-0.4, -0.2) is 23.5 Å². The predicted molar refractivity (Wildman–Crippen MR) is 70.8 cm³/mol. The highest BCUT2D eigenvalue weighted by Gasteiger charge is 2.12. The molecule has 1 atom stereocenters. The lowest BCUT2D eigenvalue weighted by molar-refractivity contribution is 0.300. The second kappa shape index (κ2) is 7.69. The van der Waals surface area contributed by atoms with Crippen molar-refractivity contribution in [1.29, 1.82) is 0 Å². The van der Waals surface area contributed by atoms with E-state index in [1.54, 1.807) is 6.07 Å². The summed E-state index contributed by atoms with van der Waals surface area (Å²) in [7, 11) is 0. The third-order valence-corrected chi connectivity index (χ3v) is 3.61. The maximum absolute atomic E-state index is 13.7. The van der Waals surface area contributed by atoms with Crippen LogP contribution >= 0.6 is 11.8 Å². The van der Waals surface area contributed by atoms with E-state index in [0.29, 0.717) is 11.4 Å². The first-order valence-electron chi connectivity index (χ1n) is 5.94. The Morgan fingerprint density at radius 1 is 1.47 bits per heavy atom. The lowest BCUT2D eigenvalue weighted by atomic mass is 10.2. The quantitative estimate of drug-likeness (QED) is 0.582. The normalized spacial score (nSPS) is 12.7. The Kier molecular flexibility index (Phi) is 6.55. The third kappa shape index (κ3) is 4.66. The number of aliphatic hydroxyl groups is 1. The largest absolute Gasteiger partial charge is 0.395 e. The zero-order chi connectivity index (χ0) is 12.7. The van der Waals surface area contributed by atoms with E-state index < -0.39 is 0 Å². The molecule has 4 heteroatoms. The number of halogens is 1. The Balaban J connectivity index is 2.76. The molecule has 1 aromatic carbocycles. The summed E-state index contributed by atoms with van der Waals surface area (Å²) in [5.74, 6) is -0.203. The van der Waals surface area contributed by atoms with Gasteiger partial charge in [0.25, 0.3) is 0 Å². The highest BCUT2D eigenvalue weighted by Crippen LogP contribution is 2.29. The smallest absolute Gasteiger partial charge is 0.137 e. The minimum absolute atomic E-state index is 0.0109. The van der Waals surface area contributed by atoms with Gasteiger partial charge in [0.15, 0.2) is 0 Å². The van der Waals surface area contributed by atoms with Crippen LogP contribution in [0, 0.1) is 5.82 Å². The number of nitrogens with one attached hydrogen (secondary N) is 1. The van der Waals surface area contributed by atoms with Crippen molar-refractivity contribution in [3.8, 4) is 0 Å². The lowest BCUT2D eigenvalue weighted by Crippen LogP contribution is -2.15. The molecule has 2 N–H and O–H groups in total. The average Bonchev–Trinajstić information content (AvgIpc) is 2.33. The molecule has 2 nitrogen and oxygen atoms in total. The summed E-state index contributed by atoms with van der Waals surface area (Å²) >= 11 is 1.39. The SMILES string of the molecule is CCCNCc1cccc(F)c1SC(C)CO. The van der Waals surface area contributed by atoms with Gasteiger partial charge in [0.2, 0.25) is 0 Å². The standard InChI is InChI=1S/C13H20FNOS/c1-3-7-15-8-11-5-4-6-12(14)13(11)17-10(2)9-16/h4-6,10,15-16H,3,7-9H2,1-2H3. The van der Waals surface area contributed by atoms with Gasteiger partial charge in [-0.3, -0.25) is 0 Å². The van der Waals surface area contributed by atoms with Gasteiger partial charge in [-0.1, -0.05) is 26.0 Å². The fraction of sp³-hybridized carbons (Fsp3) is 0.538. The van der Waals surface area contributed by atoms with Crippen molar-refractivity contribution in [2.75, 3.05) is 13.2 Å². The fourth-order valence-electron chi connectivity index (χ4n) is 1.46. The Bertz CT molecular complexity index is 346. The van der Waals surface area contributed by atoms with Gasteiger partial charge >= 0.3 is 0 Å². The molecule has 0 bridgehead atoms. The summed E-state index contributed by atoms with van der Waals surface area (Å²) in [4.78, 5) is 0.651. The summed E-state index contributed by atoms with van der Waals surface area (Å²) in [6.07, 6.45) is 1.06. The van der Waals surface area contributed by atoms with Gasteiger partial charge in [0.05, 0.1) is 6.61 Å². The van der Waals surface area contributed by atoms with E-state index in [4.69, 9.17) is 5.11 Å². The Morgan fingerprint density at radius 3 is 2.88 bits per heavy atom. The zero-order valence-corrected chi connectivity index (χ0v) is 11.2. The summed E-state index contributed by atoms with van der Waals surface area (Å²) in [6.45, 7) is 5.64. The molecule has 1 aromatic rings. The van der Waals surface area contributed by atoms with Gasteiger partial charge in [-0.05, 0) is 24.6 Å². The van der Waals surface area contributed by atoms with Crippen LogP contribution in [0.1, 0.15) is 25.8 Å². The number of rotatable bonds is 7. The van der Waals surface area contributed by atoms with Crippen molar-refractivity contribution in [2.45, 2.75) is 37.0 Å². The van der Waals surface area contributed by atoms with Crippen molar-refractivity contribution in [3.05, 3.63) is 29.6 Å². The molecule has 0 fully saturated rings. The molecule has 0 saturated heterocycles. The molecule has 17 heavy (non-hydrogen) atoms. The van der Waals surface area contributed by atoms with E-state index in [9.17, 15) is 4.39 Å². The second-order valence-corrected chi connectivity index (χ2v) is 5.46. The molecule has 0 aliphatic carbocycles. The maximum atomic E-state index is 13.7. The van der Waals surface area contributed by atoms with Crippen LogP contribution in [0.25, 0.3) is 0 Å². The first-order chi connectivity index (χ1) is 8.19. The minimum Gasteiger partial charge on any atom is -0.395 e. The monoisotopic (exact) mass is 257 g/mol. The highest BCUT2D eigenvalue weighted by atomic mass is 32.2. The van der Waals surface area contributed by atoms with E-state index in [2.05, 4.69) is 12.2 Å². The van der Waals surface area contributed by atoms with Gasteiger partial charge in [0, 0.05) is 16.7 Å². The van der Waals surface area contributed by atoms with E-state index in [1.807, 2.05) is 13.0 Å². The van der Waals surface area contributed by atoms with Crippen molar-refractivity contribution < 1.29 is 9.50 Å². The van der Waals surface area contributed by atoms with Crippen molar-refractivity contribution in [2.24, 2.45) is 0 Å². The maximum Gasteiger partial charge on any atom is 0.137 e. The van der Waals surface area contributed by atoms with Crippen molar-refractivity contribution in [3.63, 3.8) is 0 Å². The molecule has 0 spiro atoms. The van der Waals surface area contributed by atoms with Crippen LogP contribution < -0.4 is 5.32 Å². The Labute approximate surface area is 107 Å². The minimum atomic E-state index is -0.203. The molecule has 0 aromatic heterocycles. The molecule has 0 aliphatic rings. The van der Waals surface area contributed by atoms with Gasteiger partial charge < -0.3 is 10.4 Å². The number of hydrogen-bond acceptors (Lipinski definition) is 3. The molecule has 1 unspecified atom stereocenters. The van der Waals surface area contributed by atoms with Gasteiger partial charge in [0.1, 0.15) is 5.82 Å². The zero-order valence-electron chi connectivity index (χ0n) is 10.4. The van der Waals surface area contributed by atoms with Gasteiger partial charge in [-0.25, -0.2) is 4.39 Å². The van der Waals surface area contributed by atoms with Crippen LogP contribution in [0.5, 0.6) is 0 Å². The molecule has 0 radical (unpaired) electrons. The topological polar surface area (TPSA) is 32.3 Å². The molecule has 0 amide bonds. The second-order valence-electron chi connectivity index (χ2n) is 4.02. The lowest BCUT2D eigenvalue weighted by Gasteiger charge is -2.13. The van der Waals surface area contributed by atoms with Crippen LogP contribution in [0.2, 0.25) is 0 Å². The first-order valence-corrected chi connectivity index (χ1v) is 6.82. The number of thioether (sulfide) groups is 1. The number of hydrogen-bond donors (Lipinski definition) is 2. The molecule has 1 rings (SSSR count). The van der Waals surface area contributed by atoms with Crippen molar-refractivity contribution >= 4 is 11.8 Å². The Hall–Kier alpha value is -0.580. The van der Waals surface area contributed by atoms with Crippen LogP contribution in [0.15, 0.2) is 23.1 Å². The fourth-order valence-corrected chi connectivity index (χ4v) is 2.41. The van der Waals surface area contributed by atoms with E-state index in [-0.39, 0.29) is 17.7 Å². The summed E-state index contributed by atoms with van der Waals surface area (Å²) in [5.41, 5.74) is 0.962. The van der Waals surface area contributed by atoms with E-state index in [0.717, 1.165) is 18.5 Å². The molecule has 0 saturated carbocycles. The van der Waals surface area contributed by atoms with Crippen molar-refractivity contribution in [1.82, 2.24) is 5.32 Å². The van der Waals surface area contributed by atoms with Crippen LogP contribution in [0.4, 0.5) is 4.39 Å². The molecular formula is C13H20FNOS. The third-order valence-electron chi connectivity index (χ3n) is 2.37. The van der Waals surface area contributed by atoms with E-state index in [1.165, 1.54) is 17.8 Å². The highest BCUT2D eigenvalue weighted by molar-refractivity contribution is 8.00. The first kappa shape index (κ1) is 14.5. The van der Waals surface area contributed by atoms with Crippen LogP contribution in [-0.2, 0) is 6.54 Å². The number of benzene rings is 1. The number of aliphatic hydroxyl groups excluding tert-OH is 1. The van der Waals surface area contributed by atoms with Crippen LogP contribution in [0.3, 0.4) is 0 Å². The van der Waals surface area contributed by atoms with E-state index >= 15 is 0 Å². The van der Waals surface area contributed by atoms with Gasteiger partial charge in [-0.15, -0.1) is 11.8 Å². The molecule has 0 heterocycles. The van der Waals surface area contributed by atoms with Gasteiger partial charge in [-0.2, -0.15) is 0 Å². The molecule has 96 valence electrons. The predicted octanol–water partition coefficient (Wildman–Crippen LogP) is 2.80. The summed E-state index contributed by atoms with van der Waals surface area (Å²) < 4.78 is 13.7. The average molecular weight is 257 g/mol. The molecule has 0 aliphatic heterocycles.